The van der Waals surface area contributed by atoms with Gasteiger partial charge in [0.2, 0.25) is 0 Å². The maximum Gasteiger partial charge on any atom is 0.337 e. The number of rotatable bonds is 4. The van der Waals surface area contributed by atoms with E-state index in [0.29, 0.717) is 12.2 Å². The fourth-order valence-electron chi connectivity index (χ4n) is 2.04. The summed E-state index contributed by atoms with van der Waals surface area (Å²) in [7, 11) is 1.89. The average molecular weight is 335 g/mol. The molecule has 104 valence electrons. The van der Waals surface area contributed by atoms with E-state index in [0.717, 1.165) is 10.0 Å². The number of carboxylic acid groups (broad SMARTS) is 1. The fraction of sp³-hybridized carbons (Fsp3) is 0.133. The number of benzene rings is 2. The molecule has 0 bridgehead atoms. The highest BCUT2D eigenvalue weighted by atomic mass is 79.9. The SMILES string of the molecule is CN(Cc1ccccc1Br)c1cccc(C(=O)O)c1N. The molecule has 0 fully saturated rings. The van der Waals surface area contributed by atoms with Crippen LogP contribution in [-0.4, -0.2) is 18.1 Å². The molecular formula is C15H15BrN2O2. The van der Waals surface area contributed by atoms with Gasteiger partial charge in [-0.2, -0.15) is 0 Å². The third-order valence-corrected chi connectivity index (χ3v) is 3.86. The Morgan fingerprint density at radius 1 is 1.25 bits per heavy atom. The van der Waals surface area contributed by atoms with Crippen LogP contribution in [0.1, 0.15) is 15.9 Å². The van der Waals surface area contributed by atoms with Gasteiger partial charge in [0.1, 0.15) is 0 Å². The number of aromatic carboxylic acids is 1. The number of carbonyl (C=O) groups is 1. The first-order valence-corrected chi connectivity index (χ1v) is 6.86. The third-order valence-electron chi connectivity index (χ3n) is 3.09. The van der Waals surface area contributed by atoms with Crippen molar-refractivity contribution in [2.24, 2.45) is 0 Å². The summed E-state index contributed by atoms with van der Waals surface area (Å²) in [4.78, 5) is 13.0. The summed E-state index contributed by atoms with van der Waals surface area (Å²) in [6, 6.07) is 12.9. The molecule has 2 aromatic carbocycles. The van der Waals surface area contributed by atoms with Crippen LogP contribution >= 0.6 is 15.9 Å². The summed E-state index contributed by atoms with van der Waals surface area (Å²) < 4.78 is 1.01. The molecule has 0 radical (unpaired) electrons. The van der Waals surface area contributed by atoms with Crippen LogP contribution in [0.2, 0.25) is 0 Å². The summed E-state index contributed by atoms with van der Waals surface area (Å²) in [5.41, 5.74) is 8.17. The standard InChI is InChI=1S/C15H15BrN2O2/c1-18(9-10-5-2-3-7-12(10)16)13-8-4-6-11(14(13)17)15(19)20/h2-8H,9,17H2,1H3,(H,19,20). The van der Waals surface area contributed by atoms with Crippen molar-refractivity contribution in [2.75, 3.05) is 17.7 Å². The van der Waals surface area contributed by atoms with Crippen LogP contribution in [0.15, 0.2) is 46.9 Å². The zero-order chi connectivity index (χ0) is 14.7. The van der Waals surface area contributed by atoms with E-state index < -0.39 is 5.97 Å². The number of para-hydroxylation sites is 1. The largest absolute Gasteiger partial charge is 0.478 e. The molecule has 3 N–H and O–H groups in total. The molecule has 0 aliphatic rings. The van der Waals surface area contributed by atoms with Crippen LogP contribution < -0.4 is 10.6 Å². The predicted octanol–water partition coefficient (Wildman–Crippen LogP) is 3.37. The maximum atomic E-state index is 11.1. The summed E-state index contributed by atoms with van der Waals surface area (Å²) in [6.45, 7) is 0.634. The van der Waals surface area contributed by atoms with Crippen molar-refractivity contribution in [3.63, 3.8) is 0 Å². The number of halogens is 1. The van der Waals surface area contributed by atoms with E-state index in [-0.39, 0.29) is 11.3 Å². The molecule has 0 amide bonds. The molecule has 0 aliphatic heterocycles. The molecule has 20 heavy (non-hydrogen) atoms. The average Bonchev–Trinajstić information content (AvgIpc) is 2.41. The van der Waals surface area contributed by atoms with E-state index in [4.69, 9.17) is 10.8 Å². The van der Waals surface area contributed by atoms with E-state index in [9.17, 15) is 4.79 Å². The lowest BCUT2D eigenvalue weighted by atomic mass is 10.1. The Morgan fingerprint density at radius 3 is 2.60 bits per heavy atom. The second-order valence-electron chi connectivity index (χ2n) is 4.49. The van der Waals surface area contributed by atoms with Gasteiger partial charge in [0.25, 0.3) is 0 Å². The van der Waals surface area contributed by atoms with Crippen molar-refractivity contribution in [3.8, 4) is 0 Å². The molecule has 2 rings (SSSR count). The summed E-state index contributed by atoms with van der Waals surface area (Å²) in [5.74, 6) is -1.02. The highest BCUT2D eigenvalue weighted by molar-refractivity contribution is 9.10. The molecule has 0 saturated carbocycles. The van der Waals surface area contributed by atoms with Gasteiger partial charge in [0, 0.05) is 18.1 Å². The minimum absolute atomic E-state index is 0.126. The Kier molecular flexibility index (Phi) is 4.29. The summed E-state index contributed by atoms with van der Waals surface area (Å²) >= 11 is 3.50. The van der Waals surface area contributed by atoms with Crippen LogP contribution in [0.4, 0.5) is 11.4 Å². The highest BCUT2D eigenvalue weighted by Crippen LogP contribution is 2.28. The van der Waals surface area contributed by atoms with Gasteiger partial charge in [-0.05, 0) is 23.8 Å². The molecule has 5 heteroatoms. The fourth-order valence-corrected chi connectivity index (χ4v) is 2.45. The monoisotopic (exact) mass is 334 g/mol. The zero-order valence-electron chi connectivity index (χ0n) is 11.0. The molecule has 0 atom stereocenters. The molecule has 0 aromatic heterocycles. The quantitative estimate of drug-likeness (QED) is 0.841. The van der Waals surface area contributed by atoms with Crippen molar-refractivity contribution >= 4 is 33.3 Å². The van der Waals surface area contributed by atoms with Gasteiger partial charge >= 0.3 is 5.97 Å². The zero-order valence-corrected chi connectivity index (χ0v) is 12.6. The molecule has 0 unspecified atom stereocenters. The third kappa shape index (κ3) is 2.93. The second kappa shape index (κ2) is 5.96. The van der Waals surface area contributed by atoms with E-state index in [1.807, 2.05) is 42.3 Å². The van der Waals surface area contributed by atoms with Crippen LogP contribution in [0.5, 0.6) is 0 Å². The number of carboxylic acids is 1. The number of nitrogen functional groups attached to an aromatic ring is 1. The Morgan fingerprint density at radius 2 is 1.95 bits per heavy atom. The first kappa shape index (κ1) is 14.4. The highest BCUT2D eigenvalue weighted by Gasteiger charge is 2.14. The van der Waals surface area contributed by atoms with Gasteiger partial charge in [-0.3, -0.25) is 0 Å². The normalized spacial score (nSPS) is 10.3. The summed E-state index contributed by atoms with van der Waals surface area (Å²) in [6.07, 6.45) is 0. The van der Waals surface area contributed by atoms with Gasteiger partial charge in [-0.15, -0.1) is 0 Å². The van der Waals surface area contributed by atoms with Gasteiger partial charge in [-0.25, -0.2) is 4.79 Å². The lowest BCUT2D eigenvalue weighted by Crippen LogP contribution is -2.19. The van der Waals surface area contributed by atoms with Gasteiger partial charge in [0.05, 0.1) is 16.9 Å². The Labute approximate surface area is 126 Å². The predicted molar refractivity (Wildman–Crippen MR) is 84.1 cm³/mol. The summed E-state index contributed by atoms with van der Waals surface area (Å²) in [5, 5.41) is 9.10. The lowest BCUT2D eigenvalue weighted by Gasteiger charge is -2.22. The van der Waals surface area contributed by atoms with Crippen LogP contribution in [0, 0.1) is 0 Å². The number of nitrogens with two attached hydrogens (primary N) is 1. The van der Waals surface area contributed by atoms with E-state index in [1.54, 1.807) is 6.07 Å². The van der Waals surface area contributed by atoms with Crippen molar-refractivity contribution in [2.45, 2.75) is 6.54 Å². The number of hydrogen-bond donors (Lipinski definition) is 2. The van der Waals surface area contributed by atoms with E-state index in [1.165, 1.54) is 6.07 Å². The molecule has 0 saturated heterocycles. The number of anilines is 2. The van der Waals surface area contributed by atoms with Gasteiger partial charge < -0.3 is 15.7 Å². The maximum absolute atomic E-state index is 11.1. The van der Waals surface area contributed by atoms with Crippen molar-refractivity contribution in [1.82, 2.24) is 0 Å². The van der Waals surface area contributed by atoms with Crippen LogP contribution in [-0.2, 0) is 6.54 Å². The Bertz CT molecular complexity index is 644. The van der Waals surface area contributed by atoms with Crippen LogP contribution in [0.25, 0.3) is 0 Å². The lowest BCUT2D eigenvalue weighted by molar-refractivity contribution is 0.0698. The van der Waals surface area contributed by atoms with Gasteiger partial charge in [-0.1, -0.05) is 40.2 Å². The molecular weight excluding hydrogens is 320 g/mol. The number of hydrogen-bond acceptors (Lipinski definition) is 3. The van der Waals surface area contributed by atoms with E-state index in [2.05, 4.69) is 15.9 Å². The molecule has 0 heterocycles. The van der Waals surface area contributed by atoms with Crippen LogP contribution in [0.3, 0.4) is 0 Å². The first-order valence-electron chi connectivity index (χ1n) is 6.07. The first-order chi connectivity index (χ1) is 9.50. The topological polar surface area (TPSA) is 66.6 Å². The Balaban J connectivity index is 2.30. The molecule has 2 aromatic rings. The molecule has 0 spiro atoms. The van der Waals surface area contributed by atoms with Crippen molar-refractivity contribution < 1.29 is 9.90 Å². The van der Waals surface area contributed by atoms with Crippen molar-refractivity contribution in [3.05, 3.63) is 58.1 Å². The Hall–Kier alpha value is -2.01. The minimum Gasteiger partial charge on any atom is -0.478 e. The van der Waals surface area contributed by atoms with Gasteiger partial charge in [0.15, 0.2) is 0 Å². The molecule has 0 aliphatic carbocycles. The van der Waals surface area contributed by atoms with E-state index >= 15 is 0 Å². The van der Waals surface area contributed by atoms with Crippen molar-refractivity contribution in [1.29, 1.82) is 0 Å². The number of nitrogens with zero attached hydrogens (tertiary/aromatic N) is 1. The minimum atomic E-state index is -1.02. The smallest absolute Gasteiger partial charge is 0.337 e. The molecule has 4 nitrogen and oxygen atoms in total. The second-order valence-corrected chi connectivity index (χ2v) is 5.35.